The van der Waals surface area contributed by atoms with Crippen LogP contribution >= 0.6 is 24.0 Å². The number of aryl methyl sites for hydroxylation is 1. The molecule has 0 saturated heterocycles. The van der Waals surface area contributed by atoms with Crippen LogP contribution in [0, 0.1) is 6.92 Å². The Morgan fingerprint density at radius 1 is 0.462 bits per heavy atom. The third-order valence-electron chi connectivity index (χ3n) is 7.56. The maximum atomic E-state index is 5.02. The minimum absolute atomic E-state index is 1.01. The Balaban J connectivity index is 1.31. The highest BCUT2D eigenvalue weighted by Crippen LogP contribution is 2.41. The molecule has 0 bridgehead atoms. The number of fused-ring (bicyclic) bond motifs is 3. The van der Waals surface area contributed by atoms with E-state index >= 15 is 0 Å². The molecule has 1 aromatic heterocycles. The monoisotopic (exact) mass is 534 g/mol. The summed E-state index contributed by atoms with van der Waals surface area (Å²) >= 11 is 6.90. The molecule has 7 rings (SSSR count). The van der Waals surface area contributed by atoms with Crippen molar-refractivity contribution < 1.29 is 0 Å². The van der Waals surface area contributed by atoms with E-state index in [0.717, 1.165) is 16.0 Å². The van der Waals surface area contributed by atoms with Crippen molar-refractivity contribution >= 4 is 44.1 Å². The van der Waals surface area contributed by atoms with Gasteiger partial charge >= 0.3 is 0 Å². The average Bonchev–Trinajstić information content (AvgIpc) is 3.37. The van der Waals surface area contributed by atoms with Crippen molar-refractivity contribution in [2.24, 2.45) is 0 Å². The van der Waals surface area contributed by atoms with Crippen LogP contribution < -0.4 is 0 Å². The predicted molar refractivity (Wildman–Crippen MR) is 173 cm³/mol. The van der Waals surface area contributed by atoms with E-state index in [1.54, 1.807) is 0 Å². The number of hydrogen-bond acceptors (Lipinski definition) is 2. The van der Waals surface area contributed by atoms with Crippen LogP contribution in [-0.4, -0.2) is 0 Å². The van der Waals surface area contributed by atoms with Gasteiger partial charge in [-0.3, -0.25) is 0 Å². The van der Waals surface area contributed by atoms with Gasteiger partial charge in [0.15, 0.2) is 0 Å². The molecule has 0 aliphatic rings. The van der Waals surface area contributed by atoms with E-state index in [9.17, 15) is 0 Å². The molecular formula is C37H26S2. The Labute approximate surface area is 238 Å². The summed E-state index contributed by atoms with van der Waals surface area (Å²) in [5, 5.41) is 2.66. The highest BCUT2D eigenvalue weighted by Gasteiger charge is 2.13. The standard InChI is InChI=1S/C37H26S2/c1-24-10-2-3-15-29(24)33-19-8-17-30(36(33)38)27-13-6-11-25(22-27)26-12-7-14-28(23-26)31-18-9-20-34-32-16-4-5-21-35(32)39-37(31)34/h2-23,38H,1H3. The summed E-state index contributed by atoms with van der Waals surface area (Å²) in [5.74, 6) is 0. The second-order valence-corrected chi connectivity index (χ2v) is 11.5. The van der Waals surface area contributed by atoms with E-state index in [1.807, 2.05) is 11.3 Å². The molecule has 0 aliphatic heterocycles. The maximum absolute atomic E-state index is 5.02. The van der Waals surface area contributed by atoms with Crippen LogP contribution in [0.1, 0.15) is 5.56 Å². The van der Waals surface area contributed by atoms with Gasteiger partial charge in [-0.15, -0.1) is 24.0 Å². The van der Waals surface area contributed by atoms with Crippen LogP contribution in [-0.2, 0) is 0 Å². The topological polar surface area (TPSA) is 0 Å². The van der Waals surface area contributed by atoms with Crippen LogP contribution in [0.4, 0.5) is 0 Å². The summed E-state index contributed by atoms with van der Waals surface area (Å²) in [5.41, 5.74) is 10.9. The molecule has 0 fully saturated rings. The van der Waals surface area contributed by atoms with Crippen molar-refractivity contribution in [3.8, 4) is 44.5 Å². The molecule has 186 valence electrons. The van der Waals surface area contributed by atoms with E-state index < -0.39 is 0 Å². The smallest absolute Gasteiger partial charge is 0.0433 e. The molecule has 0 spiro atoms. The van der Waals surface area contributed by atoms with Gasteiger partial charge in [-0.1, -0.05) is 115 Å². The first-order valence-corrected chi connectivity index (χ1v) is 14.4. The molecular weight excluding hydrogens is 509 g/mol. The fourth-order valence-electron chi connectivity index (χ4n) is 5.58. The quantitative estimate of drug-likeness (QED) is 0.213. The van der Waals surface area contributed by atoms with Crippen LogP contribution in [0.3, 0.4) is 0 Å². The van der Waals surface area contributed by atoms with E-state index in [1.165, 1.54) is 59.1 Å². The summed E-state index contributed by atoms with van der Waals surface area (Å²) in [4.78, 5) is 1.01. The zero-order valence-electron chi connectivity index (χ0n) is 21.6. The van der Waals surface area contributed by atoms with Gasteiger partial charge in [0.25, 0.3) is 0 Å². The zero-order valence-corrected chi connectivity index (χ0v) is 23.3. The molecule has 39 heavy (non-hydrogen) atoms. The van der Waals surface area contributed by atoms with Crippen molar-refractivity contribution in [2.45, 2.75) is 11.8 Å². The van der Waals surface area contributed by atoms with Gasteiger partial charge in [0.1, 0.15) is 0 Å². The Kier molecular flexibility index (Phi) is 6.08. The summed E-state index contributed by atoms with van der Waals surface area (Å²) in [6, 6.07) is 48.1. The van der Waals surface area contributed by atoms with Gasteiger partial charge in [0.05, 0.1) is 0 Å². The number of thiol groups is 1. The second-order valence-electron chi connectivity index (χ2n) is 9.96. The van der Waals surface area contributed by atoms with Crippen LogP contribution in [0.5, 0.6) is 0 Å². The Hall–Kier alpha value is -4.11. The molecule has 7 aromatic rings. The van der Waals surface area contributed by atoms with Gasteiger partial charge in [-0.25, -0.2) is 0 Å². The second kappa shape index (κ2) is 9.89. The van der Waals surface area contributed by atoms with Crippen molar-refractivity contribution in [3.63, 3.8) is 0 Å². The molecule has 0 aliphatic carbocycles. The molecule has 0 N–H and O–H groups in total. The van der Waals surface area contributed by atoms with Gasteiger partial charge < -0.3 is 0 Å². The normalized spacial score (nSPS) is 11.3. The number of benzene rings is 6. The lowest BCUT2D eigenvalue weighted by Crippen LogP contribution is -1.89. The maximum Gasteiger partial charge on any atom is 0.0433 e. The third-order valence-corrected chi connectivity index (χ3v) is 9.26. The van der Waals surface area contributed by atoms with E-state index in [4.69, 9.17) is 12.6 Å². The first-order valence-electron chi connectivity index (χ1n) is 13.2. The zero-order chi connectivity index (χ0) is 26.3. The summed E-state index contributed by atoms with van der Waals surface area (Å²) < 4.78 is 2.68. The van der Waals surface area contributed by atoms with Gasteiger partial charge in [-0.2, -0.15) is 0 Å². The van der Waals surface area contributed by atoms with Crippen LogP contribution in [0.2, 0.25) is 0 Å². The summed E-state index contributed by atoms with van der Waals surface area (Å²) in [6.45, 7) is 2.15. The van der Waals surface area contributed by atoms with Crippen molar-refractivity contribution in [1.29, 1.82) is 0 Å². The van der Waals surface area contributed by atoms with Crippen LogP contribution in [0.25, 0.3) is 64.7 Å². The van der Waals surface area contributed by atoms with E-state index in [-0.39, 0.29) is 0 Å². The highest BCUT2D eigenvalue weighted by molar-refractivity contribution is 7.80. The van der Waals surface area contributed by atoms with Gasteiger partial charge in [-0.05, 0) is 75.2 Å². The summed E-state index contributed by atoms with van der Waals surface area (Å²) in [6.07, 6.45) is 0. The Bertz CT molecular complexity index is 1990. The number of hydrogen-bond donors (Lipinski definition) is 1. The van der Waals surface area contributed by atoms with Gasteiger partial charge in [0.2, 0.25) is 0 Å². The van der Waals surface area contributed by atoms with Crippen molar-refractivity contribution in [3.05, 3.63) is 139 Å². The fourth-order valence-corrected chi connectivity index (χ4v) is 7.21. The van der Waals surface area contributed by atoms with E-state index in [0.29, 0.717) is 0 Å². The van der Waals surface area contributed by atoms with Crippen molar-refractivity contribution in [2.75, 3.05) is 0 Å². The fraction of sp³-hybridized carbons (Fsp3) is 0.0270. The van der Waals surface area contributed by atoms with Crippen molar-refractivity contribution in [1.82, 2.24) is 0 Å². The first kappa shape index (κ1) is 24.0. The molecule has 0 radical (unpaired) electrons. The molecule has 0 unspecified atom stereocenters. The average molecular weight is 535 g/mol. The minimum atomic E-state index is 1.01. The first-order chi connectivity index (χ1) is 19.2. The molecule has 0 nitrogen and oxygen atoms in total. The SMILES string of the molecule is Cc1ccccc1-c1cccc(-c2cccc(-c3cccc(-c4cccc5c4sc4ccccc45)c3)c2)c1S. The molecule has 2 heteroatoms. The predicted octanol–water partition coefficient (Wildman–Crippen LogP) is 11.3. The molecule has 0 saturated carbocycles. The van der Waals surface area contributed by atoms with Gasteiger partial charge in [0, 0.05) is 25.1 Å². The third kappa shape index (κ3) is 4.27. The lowest BCUT2D eigenvalue weighted by atomic mass is 9.93. The molecule has 6 aromatic carbocycles. The largest absolute Gasteiger partial charge is 0.142 e. The molecule has 0 atom stereocenters. The number of thiophene rings is 1. The number of rotatable bonds is 4. The highest BCUT2D eigenvalue weighted by atomic mass is 32.1. The molecule has 0 amide bonds. The Morgan fingerprint density at radius 3 is 1.79 bits per heavy atom. The molecule has 1 heterocycles. The van der Waals surface area contributed by atoms with Crippen LogP contribution in [0.15, 0.2) is 138 Å². The lowest BCUT2D eigenvalue weighted by Gasteiger charge is -2.14. The van der Waals surface area contributed by atoms with E-state index in [2.05, 4.69) is 140 Å². The minimum Gasteiger partial charge on any atom is -0.142 e. The lowest BCUT2D eigenvalue weighted by molar-refractivity contribution is 1.39. The summed E-state index contributed by atoms with van der Waals surface area (Å²) in [7, 11) is 0. The Morgan fingerprint density at radius 2 is 1.00 bits per heavy atom.